The first-order chi connectivity index (χ1) is 7.79. The Morgan fingerprint density at radius 3 is 2.53 bits per heavy atom. The Morgan fingerprint density at radius 1 is 1.47 bits per heavy atom. The van der Waals surface area contributed by atoms with Gasteiger partial charge in [-0.3, -0.25) is 0 Å². The zero-order chi connectivity index (χ0) is 13.1. The molecule has 0 aliphatic rings. The van der Waals surface area contributed by atoms with Crippen LogP contribution in [0.15, 0.2) is 16.8 Å². The topological polar surface area (TPSA) is 75.6 Å². The Labute approximate surface area is 103 Å². The van der Waals surface area contributed by atoms with Gasteiger partial charge < -0.3 is 15.2 Å². The number of carbonyl (C=O) groups excluding carboxylic acids is 1. The van der Waals surface area contributed by atoms with Gasteiger partial charge in [0.1, 0.15) is 5.60 Å². The molecule has 6 heteroatoms. The molecule has 1 unspecified atom stereocenters. The summed E-state index contributed by atoms with van der Waals surface area (Å²) < 4.78 is 5.01. The number of nitrogens with one attached hydrogen (secondary N) is 1. The first-order valence-corrected chi connectivity index (χ1v) is 5.98. The van der Waals surface area contributed by atoms with Crippen molar-refractivity contribution in [3.8, 4) is 0 Å². The fourth-order valence-electron chi connectivity index (χ4n) is 1.15. The van der Waals surface area contributed by atoms with E-state index >= 15 is 0 Å². The molecule has 0 spiro atoms. The maximum absolute atomic E-state index is 11.5. The lowest BCUT2D eigenvalue weighted by atomic mass is 10.1. The van der Waals surface area contributed by atoms with E-state index in [9.17, 15) is 9.59 Å². The van der Waals surface area contributed by atoms with Gasteiger partial charge in [-0.1, -0.05) is 0 Å². The summed E-state index contributed by atoms with van der Waals surface area (Å²) >= 11 is 1.37. The minimum absolute atomic E-state index is 0.536. The molecule has 0 radical (unpaired) electrons. The number of amides is 1. The molecular formula is C11H15NO4S. The number of ether oxygens (including phenoxy) is 1. The fourth-order valence-corrected chi connectivity index (χ4v) is 1.84. The van der Waals surface area contributed by atoms with E-state index in [4.69, 9.17) is 9.84 Å². The van der Waals surface area contributed by atoms with Gasteiger partial charge in [-0.05, 0) is 43.2 Å². The third-order valence-electron chi connectivity index (χ3n) is 1.78. The fraction of sp³-hybridized carbons (Fsp3) is 0.455. The molecule has 1 aromatic heterocycles. The van der Waals surface area contributed by atoms with Crippen LogP contribution in [0.25, 0.3) is 0 Å². The van der Waals surface area contributed by atoms with E-state index in [0.29, 0.717) is 5.56 Å². The van der Waals surface area contributed by atoms with E-state index in [1.54, 1.807) is 37.6 Å². The number of hydrogen-bond donors (Lipinski definition) is 2. The normalized spacial score (nSPS) is 12.9. The van der Waals surface area contributed by atoms with E-state index in [1.807, 2.05) is 0 Å². The molecule has 0 aliphatic heterocycles. The van der Waals surface area contributed by atoms with Crippen molar-refractivity contribution in [1.82, 2.24) is 5.32 Å². The number of alkyl carbamates (subject to hydrolysis) is 1. The number of carbonyl (C=O) groups is 2. The summed E-state index contributed by atoms with van der Waals surface area (Å²) in [6.45, 7) is 5.15. The zero-order valence-electron chi connectivity index (χ0n) is 9.89. The van der Waals surface area contributed by atoms with Crippen LogP contribution >= 0.6 is 11.3 Å². The number of thiophene rings is 1. The average molecular weight is 257 g/mol. The van der Waals surface area contributed by atoms with Gasteiger partial charge in [-0.15, -0.1) is 0 Å². The Balaban J connectivity index is 2.69. The minimum Gasteiger partial charge on any atom is -0.479 e. The Morgan fingerprint density at radius 2 is 2.12 bits per heavy atom. The number of carboxylic acid groups (broad SMARTS) is 1. The molecule has 17 heavy (non-hydrogen) atoms. The van der Waals surface area contributed by atoms with E-state index in [2.05, 4.69) is 5.32 Å². The van der Waals surface area contributed by atoms with Crippen LogP contribution in [-0.2, 0) is 9.53 Å². The highest BCUT2D eigenvalue weighted by atomic mass is 32.1. The second-order valence-electron chi connectivity index (χ2n) is 4.47. The van der Waals surface area contributed by atoms with E-state index in [-0.39, 0.29) is 0 Å². The first-order valence-electron chi connectivity index (χ1n) is 5.04. The molecule has 1 amide bonds. The van der Waals surface area contributed by atoms with Crippen LogP contribution in [0, 0.1) is 0 Å². The zero-order valence-corrected chi connectivity index (χ0v) is 10.7. The van der Waals surface area contributed by atoms with Crippen molar-refractivity contribution in [1.29, 1.82) is 0 Å². The molecule has 94 valence electrons. The molecule has 2 N–H and O–H groups in total. The van der Waals surface area contributed by atoms with Gasteiger partial charge in [0.15, 0.2) is 6.04 Å². The molecule has 0 saturated heterocycles. The third-order valence-corrected chi connectivity index (χ3v) is 2.49. The summed E-state index contributed by atoms with van der Waals surface area (Å²) in [6.07, 6.45) is -0.740. The third kappa shape index (κ3) is 4.44. The van der Waals surface area contributed by atoms with Gasteiger partial charge in [-0.2, -0.15) is 11.3 Å². The molecule has 1 heterocycles. The summed E-state index contributed by atoms with van der Waals surface area (Å²) in [7, 11) is 0. The number of carboxylic acids is 1. The maximum Gasteiger partial charge on any atom is 0.408 e. The van der Waals surface area contributed by atoms with E-state index in [1.165, 1.54) is 11.3 Å². The van der Waals surface area contributed by atoms with Crippen molar-refractivity contribution in [2.75, 3.05) is 0 Å². The second kappa shape index (κ2) is 5.18. The van der Waals surface area contributed by atoms with Crippen molar-refractivity contribution < 1.29 is 19.4 Å². The number of aliphatic carboxylic acids is 1. The molecule has 0 aromatic carbocycles. The lowest BCUT2D eigenvalue weighted by molar-refractivity contribution is -0.139. The summed E-state index contributed by atoms with van der Waals surface area (Å²) in [5.41, 5.74) is -0.115. The molecule has 0 saturated carbocycles. The van der Waals surface area contributed by atoms with Crippen molar-refractivity contribution in [2.24, 2.45) is 0 Å². The highest BCUT2D eigenvalue weighted by Crippen LogP contribution is 2.17. The van der Waals surface area contributed by atoms with Crippen LogP contribution in [0.2, 0.25) is 0 Å². The van der Waals surface area contributed by atoms with Crippen LogP contribution in [-0.4, -0.2) is 22.8 Å². The molecule has 1 rings (SSSR count). The Hall–Kier alpha value is -1.56. The average Bonchev–Trinajstić information content (AvgIpc) is 2.63. The van der Waals surface area contributed by atoms with Gasteiger partial charge >= 0.3 is 12.1 Å². The minimum atomic E-state index is -1.12. The van der Waals surface area contributed by atoms with Crippen LogP contribution in [0.5, 0.6) is 0 Å². The maximum atomic E-state index is 11.5. The van der Waals surface area contributed by atoms with Gasteiger partial charge in [0.25, 0.3) is 0 Å². The first kappa shape index (κ1) is 13.5. The largest absolute Gasteiger partial charge is 0.479 e. The van der Waals surface area contributed by atoms with Crippen LogP contribution in [0.4, 0.5) is 4.79 Å². The smallest absolute Gasteiger partial charge is 0.408 e. The lowest BCUT2D eigenvalue weighted by Crippen LogP contribution is -2.37. The SMILES string of the molecule is CC(C)(C)OC(=O)NC(C(=O)O)c1ccsc1. The monoisotopic (exact) mass is 257 g/mol. The van der Waals surface area contributed by atoms with Crippen molar-refractivity contribution >= 4 is 23.4 Å². The second-order valence-corrected chi connectivity index (χ2v) is 5.25. The summed E-state index contributed by atoms with van der Waals surface area (Å²) in [5, 5.41) is 14.8. The van der Waals surface area contributed by atoms with Crippen LogP contribution < -0.4 is 5.32 Å². The molecule has 5 nitrogen and oxygen atoms in total. The molecule has 0 bridgehead atoms. The van der Waals surface area contributed by atoms with Gasteiger partial charge in [0, 0.05) is 0 Å². The van der Waals surface area contributed by atoms with E-state index < -0.39 is 23.7 Å². The van der Waals surface area contributed by atoms with Crippen molar-refractivity contribution in [3.63, 3.8) is 0 Å². The molecule has 1 atom stereocenters. The van der Waals surface area contributed by atoms with Crippen molar-refractivity contribution in [3.05, 3.63) is 22.4 Å². The predicted molar refractivity (Wildman–Crippen MR) is 64.1 cm³/mol. The van der Waals surface area contributed by atoms with Gasteiger partial charge in [0.05, 0.1) is 0 Å². The predicted octanol–water partition coefficient (Wildman–Crippen LogP) is 2.40. The summed E-state index contributed by atoms with van der Waals surface area (Å²) in [6, 6.07) is 0.581. The standard InChI is InChI=1S/C11H15NO4S/c1-11(2,3)16-10(15)12-8(9(13)14)7-4-5-17-6-7/h4-6,8H,1-3H3,(H,12,15)(H,13,14). The molecular weight excluding hydrogens is 242 g/mol. The molecule has 0 fully saturated rings. The number of hydrogen-bond acceptors (Lipinski definition) is 4. The molecule has 0 aliphatic carbocycles. The van der Waals surface area contributed by atoms with E-state index in [0.717, 1.165) is 0 Å². The Bertz CT molecular complexity index is 394. The highest BCUT2D eigenvalue weighted by molar-refractivity contribution is 7.08. The lowest BCUT2D eigenvalue weighted by Gasteiger charge is -2.21. The van der Waals surface area contributed by atoms with Gasteiger partial charge in [-0.25, -0.2) is 9.59 Å². The van der Waals surface area contributed by atoms with Crippen LogP contribution in [0.3, 0.4) is 0 Å². The summed E-state index contributed by atoms with van der Waals surface area (Å²) in [5.74, 6) is -1.12. The molecule has 1 aromatic rings. The van der Waals surface area contributed by atoms with Gasteiger partial charge in [0.2, 0.25) is 0 Å². The number of rotatable bonds is 3. The highest BCUT2D eigenvalue weighted by Gasteiger charge is 2.25. The van der Waals surface area contributed by atoms with Crippen LogP contribution in [0.1, 0.15) is 32.4 Å². The van der Waals surface area contributed by atoms with Crippen molar-refractivity contribution in [2.45, 2.75) is 32.4 Å². The Kier molecular flexibility index (Phi) is 4.11. The quantitative estimate of drug-likeness (QED) is 0.871. The summed E-state index contributed by atoms with van der Waals surface area (Å²) in [4.78, 5) is 22.5.